The summed E-state index contributed by atoms with van der Waals surface area (Å²) in [5.41, 5.74) is 8.64. The second kappa shape index (κ2) is 7.94. The Labute approximate surface area is 125 Å². The van der Waals surface area contributed by atoms with Gasteiger partial charge < -0.3 is 10.6 Å². The molecule has 0 aromatic carbocycles. The van der Waals surface area contributed by atoms with E-state index >= 15 is 0 Å². The van der Waals surface area contributed by atoms with Crippen LogP contribution in [0.25, 0.3) is 11.3 Å². The van der Waals surface area contributed by atoms with Gasteiger partial charge in [0, 0.05) is 38.6 Å². The van der Waals surface area contributed by atoms with E-state index in [4.69, 9.17) is 5.73 Å². The van der Waals surface area contributed by atoms with Crippen molar-refractivity contribution in [3.63, 3.8) is 0 Å². The van der Waals surface area contributed by atoms with Crippen molar-refractivity contribution in [3.05, 3.63) is 42.2 Å². The molecular weight excluding hydrogens is 283 g/mol. The molecule has 104 valence electrons. The maximum Gasteiger partial charge on any atom is 0.127 e. The van der Waals surface area contributed by atoms with Crippen molar-refractivity contribution in [3.8, 4) is 11.3 Å². The van der Waals surface area contributed by atoms with Gasteiger partial charge in [-0.15, -0.1) is 24.8 Å². The number of halogens is 2. The van der Waals surface area contributed by atoms with E-state index in [2.05, 4.69) is 9.97 Å². The average molecular weight is 301 g/mol. The molecular formula is C13H18Cl2N4. The molecule has 19 heavy (non-hydrogen) atoms. The van der Waals surface area contributed by atoms with Crippen LogP contribution >= 0.6 is 24.8 Å². The molecule has 0 bridgehead atoms. The highest BCUT2D eigenvalue weighted by Crippen LogP contribution is 2.21. The monoisotopic (exact) mass is 300 g/mol. The van der Waals surface area contributed by atoms with Crippen molar-refractivity contribution in [1.82, 2.24) is 9.97 Å². The van der Waals surface area contributed by atoms with Gasteiger partial charge in [-0.25, -0.2) is 4.98 Å². The Bertz CT molecular complexity index is 500. The summed E-state index contributed by atoms with van der Waals surface area (Å²) in [7, 11) is 3.93. The van der Waals surface area contributed by atoms with Gasteiger partial charge in [0.15, 0.2) is 0 Å². The number of aromatic nitrogens is 2. The first-order valence-corrected chi connectivity index (χ1v) is 5.50. The van der Waals surface area contributed by atoms with Crippen LogP contribution < -0.4 is 10.6 Å². The van der Waals surface area contributed by atoms with Crippen LogP contribution in [0.5, 0.6) is 0 Å². The van der Waals surface area contributed by atoms with Gasteiger partial charge >= 0.3 is 0 Å². The number of nitrogens with two attached hydrogens (primary N) is 1. The number of hydrogen-bond donors (Lipinski definition) is 1. The molecule has 0 saturated heterocycles. The van der Waals surface area contributed by atoms with Gasteiger partial charge in [-0.05, 0) is 23.8 Å². The molecule has 0 spiro atoms. The van der Waals surface area contributed by atoms with Gasteiger partial charge in [0.2, 0.25) is 0 Å². The topological polar surface area (TPSA) is 55.0 Å². The molecule has 2 aromatic rings. The molecule has 4 nitrogen and oxygen atoms in total. The zero-order valence-corrected chi connectivity index (χ0v) is 12.5. The molecule has 2 heterocycles. The summed E-state index contributed by atoms with van der Waals surface area (Å²) in [5, 5.41) is 0. The van der Waals surface area contributed by atoms with Crippen molar-refractivity contribution in [1.29, 1.82) is 0 Å². The van der Waals surface area contributed by atoms with Crippen LogP contribution in [0.15, 0.2) is 36.7 Å². The van der Waals surface area contributed by atoms with Crippen molar-refractivity contribution in [2.75, 3.05) is 19.0 Å². The first kappa shape index (κ1) is 17.6. The summed E-state index contributed by atoms with van der Waals surface area (Å²) in [6.07, 6.45) is 3.60. The van der Waals surface area contributed by atoms with Crippen LogP contribution in [-0.2, 0) is 6.54 Å². The highest BCUT2D eigenvalue weighted by Gasteiger charge is 2.05. The first-order chi connectivity index (χ1) is 8.22. The van der Waals surface area contributed by atoms with Crippen LogP contribution in [0, 0.1) is 0 Å². The van der Waals surface area contributed by atoms with Crippen LogP contribution in [0.2, 0.25) is 0 Å². The molecule has 0 aliphatic heterocycles. The molecule has 2 rings (SSSR count). The Balaban J connectivity index is 0.00000162. The fourth-order valence-corrected chi connectivity index (χ4v) is 1.65. The van der Waals surface area contributed by atoms with E-state index in [0.717, 1.165) is 22.6 Å². The van der Waals surface area contributed by atoms with Gasteiger partial charge in [-0.2, -0.15) is 0 Å². The predicted molar refractivity (Wildman–Crippen MR) is 84.2 cm³/mol. The second-order valence-electron chi connectivity index (χ2n) is 4.01. The molecule has 0 fully saturated rings. The molecule has 0 saturated carbocycles. The summed E-state index contributed by atoms with van der Waals surface area (Å²) in [4.78, 5) is 10.7. The van der Waals surface area contributed by atoms with Crippen LogP contribution in [-0.4, -0.2) is 24.1 Å². The van der Waals surface area contributed by atoms with E-state index in [1.54, 1.807) is 6.20 Å². The lowest BCUT2D eigenvalue weighted by Gasteiger charge is -2.12. The van der Waals surface area contributed by atoms with Crippen molar-refractivity contribution < 1.29 is 0 Å². The minimum absolute atomic E-state index is 0. The summed E-state index contributed by atoms with van der Waals surface area (Å²) in [5.74, 6) is 0.930. The lowest BCUT2D eigenvalue weighted by molar-refractivity contribution is 1.04. The molecule has 0 atom stereocenters. The second-order valence-corrected chi connectivity index (χ2v) is 4.01. The average Bonchev–Trinajstić information content (AvgIpc) is 2.39. The number of pyridine rings is 2. The minimum atomic E-state index is 0. The third kappa shape index (κ3) is 4.06. The summed E-state index contributed by atoms with van der Waals surface area (Å²) in [6.45, 7) is 0.485. The Hall–Kier alpha value is -1.36. The number of hydrogen-bond acceptors (Lipinski definition) is 4. The fourth-order valence-electron chi connectivity index (χ4n) is 1.65. The number of anilines is 1. The fraction of sp³-hybridized carbons (Fsp3) is 0.231. The van der Waals surface area contributed by atoms with Crippen molar-refractivity contribution in [2.45, 2.75) is 6.54 Å². The van der Waals surface area contributed by atoms with Gasteiger partial charge in [0.1, 0.15) is 5.82 Å². The molecule has 0 aliphatic carbocycles. The van der Waals surface area contributed by atoms with Gasteiger partial charge in [-0.3, -0.25) is 4.98 Å². The lowest BCUT2D eigenvalue weighted by Crippen LogP contribution is -2.10. The SMILES string of the molecule is CN(C)c1ccc(-c2ncccc2CN)cn1.Cl.Cl. The quantitative estimate of drug-likeness (QED) is 0.946. The molecule has 0 amide bonds. The van der Waals surface area contributed by atoms with E-state index in [1.165, 1.54) is 0 Å². The maximum absolute atomic E-state index is 5.70. The molecule has 2 N–H and O–H groups in total. The summed E-state index contributed by atoms with van der Waals surface area (Å²) >= 11 is 0. The van der Waals surface area contributed by atoms with Gasteiger partial charge in [-0.1, -0.05) is 6.07 Å². The van der Waals surface area contributed by atoms with Crippen LogP contribution in [0.1, 0.15) is 5.56 Å². The highest BCUT2D eigenvalue weighted by molar-refractivity contribution is 5.85. The third-order valence-corrected chi connectivity index (χ3v) is 2.59. The molecule has 6 heteroatoms. The van der Waals surface area contributed by atoms with Crippen LogP contribution in [0.4, 0.5) is 5.82 Å². The minimum Gasteiger partial charge on any atom is -0.363 e. The zero-order chi connectivity index (χ0) is 12.3. The maximum atomic E-state index is 5.70. The lowest BCUT2D eigenvalue weighted by atomic mass is 10.1. The van der Waals surface area contributed by atoms with E-state index < -0.39 is 0 Å². The third-order valence-electron chi connectivity index (χ3n) is 2.59. The smallest absolute Gasteiger partial charge is 0.127 e. The normalized spacial score (nSPS) is 9.21. The zero-order valence-electron chi connectivity index (χ0n) is 10.9. The van der Waals surface area contributed by atoms with Gasteiger partial charge in [0.25, 0.3) is 0 Å². The van der Waals surface area contributed by atoms with Crippen molar-refractivity contribution in [2.24, 2.45) is 5.73 Å². The summed E-state index contributed by atoms with van der Waals surface area (Å²) in [6, 6.07) is 7.88. The van der Waals surface area contributed by atoms with Crippen LogP contribution in [0.3, 0.4) is 0 Å². The van der Waals surface area contributed by atoms with E-state index in [9.17, 15) is 0 Å². The van der Waals surface area contributed by atoms with Gasteiger partial charge in [0.05, 0.1) is 5.69 Å². The largest absolute Gasteiger partial charge is 0.363 e. The number of rotatable bonds is 3. The van der Waals surface area contributed by atoms with E-state index in [-0.39, 0.29) is 24.8 Å². The predicted octanol–water partition coefficient (Wildman–Crippen LogP) is 2.51. The first-order valence-electron chi connectivity index (χ1n) is 5.50. The highest BCUT2D eigenvalue weighted by atomic mass is 35.5. The molecule has 2 aromatic heterocycles. The molecule has 0 unspecified atom stereocenters. The Kier molecular flexibility index (Phi) is 7.37. The Morgan fingerprint density at radius 1 is 1.11 bits per heavy atom. The Morgan fingerprint density at radius 3 is 2.37 bits per heavy atom. The summed E-state index contributed by atoms with van der Waals surface area (Å²) < 4.78 is 0. The molecule has 0 aliphatic rings. The standard InChI is InChI=1S/C13H16N4.2ClH/c1-17(2)12-6-5-11(9-16-12)13-10(8-14)4-3-7-15-13;;/h3-7,9H,8,14H2,1-2H3;2*1H. The van der Waals surface area contributed by atoms with Crippen molar-refractivity contribution >= 4 is 30.6 Å². The van der Waals surface area contributed by atoms with E-state index in [0.29, 0.717) is 6.54 Å². The van der Waals surface area contributed by atoms with E-state index in [1.807, 2.05) is 49.5 Å². The number of nitrogens with zero attached hydrogens (tertiary/aromatic N) is 3. The Morgan fingerprint density at radius 2 is 1.84 bits per heavy atom. The molecule has 0 radical (unpaired) electrons.